The molecule has 0 aliphatic heterocycles. The van der Waals surface area contributed by atoms with E-state index < -0.39 is 0 Å². The van der Waals surface area contributed by atoms with Crippen LogP contribution in [0.15, 0.2) is 24.3 Å². The highest BCUT2D eigenvalue weighted by molar-refractivity contribution is 5.02. The van der Waals surface area contributed by atoms with Gasteiger partial charge < -0.3 is 5.73 Å². The first-order valence-electron chi connectivity index (χ1n) is 8.61. The molecule has 0 heterocycles. The second-order valence-corrected chi connectivity index (χ2v) is 7.26. The Morgan fingerprint density at radius 2 is 1.55 bits per heavy atom. The summed E-state index contributed by atoms with van der Waals surface area (Å²) in [6.07, 6.45) is 20.8. The van der Waals surface area contributed by atoms with Crippen LogP contribution in [-0.4, -0.2) is 5.54 Å². The summed E-state index contributed by atoms with van der Waals surface area (Å²) in [5.41, 5.74) is 6.29. The van der Waals surface area contributed by atoms with Crippen molar-refractivity contribution in [3.8, 4) is 0 Å². The fourth-order valence-electron chi connectivity index (χ4n) is 3.36. The minimum absolute atomic E-state index is 0.133. The van der Waals surface area contributed by atoms with Gasteiger partial charge in [0, 0.05) is 5.54 Å². The van der Waals surface area contributed by atoms with Gasteiger partial charge in [0.15, 0.2) is 0 Å². The first kappa shape index (κ1) is 17.5. The molecule has 20 heavy (non-hydrogen) atoms. The number of rotatable bonds is 0. The molecule has 1 heteroatoms. The van der Waals surface area contributed by atoms with E-state index in [2.05, 4.69) is 45.1 Å². The van der Waals surface area contributed by atoms with Gasteiger partial charge in [-0.15, -0.1) is 0 Å². The highest BCUT2D eigenvalue weighted by Crippen LogP contribution is 2.24. The summed E-state index contributed by atoms with van der Waals surface area (Å²) in [5, 5.41) is 0. The van der Waals surface area contributed by atoms with Crippen molar-refractivity contribution in [3.05, 3.63) is 24.3 Å². The summed E-state index contributed by atoms with van der Waals surface area (Å²) in [6, 6.07) is 0. The SMILES string of the molecule is CC1C/C=C\CCCCCC/C=C\C(C)(N)CC(C)C1. The molecule has 1 aliphatic carbocycles. The lowest BCUT2D eigenvalue weighted by Gasteiger charge is -2.26. The fraction of sp³-hybridized carbons (Fsp3) is 0.789. The summed E-state index contributed by atoms with van der Waals surface area (Å²) in [4.78, 5) is 0. The average molecular weight is 277 g/mol. The first-order chi connectivity index (χ1) is 9.49. The molecule has 0 aromatic heterocycles. The third-order valence-electron chi connectivity index (χ3n) is 4.29. The maximum absolute atomic E-state index is 6.42. The largest absolute Gasteiger partial charge is 0.322 e. The smallest absolute Gasteiger partial charge is 0.0312 e. The van der Waals surface area contributed by atoms with Crippen LogP contribution in [-0.2, 0) is 0 Å². The Kier molecular flexibility index (Phi) is 8.21. The zero-order valence-electron chi connectivity index (χ0n) is 13.9. The highest BCUT2D eigenvalue weighted by Gasteiger charge is 2.19. The van der Waals surface area contributed by atoms with E-state index in [-0.39, 0.29) is 5.54 Å². The van der Waals surface area contributed by atoms with Gasteiger partial charge in [0.25, 0.3) is 0 Å². The summed E-state index contributed by atoms with van der Waals surface area (Å²) in [7, 11) is 0. The lowest BCUT2D eigenvalue weighted by atomic mass is 9.84. The van der Waals surface area contributed by atoms with E-state index in [9.17, 15) is 0 Å². The minimum Gasteiger partial charge on any atom is -0.322 e. The summed E-state index contributed by atoms with van der Waals surface area (Å²) in [6.45, 7) is 6.89. The zero-order valence-corrected chi connectivity index (χ0v) is 13.9. The van der Waals surface area contributed by atoms with Gasteiger partial charge in [-0.3, -0.25) is 0 Å². The van der Waals surface area contributed by atoms with E-state index in [0.29, 0.717) is 5.92 Å². The molecular formula is C19H35N. The fourth-order valence-corrected chi connectivity index (χ4v) is 3.36. The Bertz CT molecular complexity index is 301. The van der Waals surface area contributed by atoms with E-state index in [1.165, 1.54) is 51.4 Å². The standard InChI is InChI=1S/C19H35N/c1-17-13-11-9-7-5-4-6-8-10-12-14-19(3,20)16-18(2)15-17/h9,11-12,14,17-18H,4-8,10,13,15-16,20H2,1-3H3/b11-9-,14-12-. The van der Waals surface area contributed by atoms with Crippen LogP contribution < -0.4 is 5.73 Å². The molecule has 1 aliphatic rings. The lowest BCUT2D eigenvalue weighted by Crippen LogP contribution is -2.35. The molecule has 3 atom stereocenters. The maximum atomic E-state index is 6.42. The number of hydrogen-bond donors (Lipinski definition) is 1. The summed E-state index contributed by atoms with van der Waals surface area (Å²) in [5.74, 6) is 1.47. The molecule has 0 aromatic carbocycles. The monoisotopic (exact) mass is 277 g/mol. The molecule has 0 aromatic rings. The Labute approximate surface area is 126 Å². The van der Waals surface area contributed by atoms with Crippen LogP contribution in [0.5, 0.6) is 0 Å². The second-order valence-electron chi connectivity index (χ2n) is 7.26. The van der Waals surface area contributed by atoms with Gasteiger partial charge in [0.05, 0.1) is 0 Å². The molecule has 0 spiro atoms. The molecule has 0 amide bonds. The third kappa shape index (κ3) is 8.58. The lowest BCUT2D eigenvalue weighted by molar-refractivity contribution is 0.344. The Morgan fingerprint density at radius 1 is 0.900 bits per heavy atom. The molecule has 0 fully saturated rings. The molecule has 0 radical (unpaired) electrons. The van der Waals surface area contributed by atoms with Crippen LogP contribution in [0.25, 0.3) is 0 Å². The predicted molar refractivity (Wildman–Crippen MR) is 90.8 cm³/mol. The third-order valence-corrected chi connectivity index (χ3v) is 4.29. The van der Waals surface area contributed by atoms with Crippen molar-refractivity contribution < 1.29 is 0 Å². The van der Waals surface area contributed by atoms with Gasteiger partial charge in [-0.05, 0) is 63.7 Å². The molecular weight excluding hydrogens is 242 g/mol. The Hall–Kier alpha value is -0.560. The van der Waals surface area contributed by atoms with E-state index >= 15 is 0 Å². The number of hydrogen-bond acceptors (Lipinski definition) is 1. The van der Waals surface area contributed by atoms with E-state index in [1.807, 2.05) is 0 Å². The topological polar surface area (TPSA) is 26.0 Å². The number of allylic oxidation sites excluding steroid dienone is 3. The predicted octanol–water partition coefficient (Wildman–Crippen LogP) is 5.61. The average Bonchev–Trinajstić information content (AvgIpc) is 2.33. The van der Waals surface area contributed by atoms with E-state index in [1.54, 1.807) is 0 Å². The molecule has 2 N–H and O–H groups in total. The van der Waals surface area contributed by atoms with Gasteiger partial charge >= 0.3 is 0 Å². The summed E-state index contributed by atoms with van der Waals surface area (Å²) < 4.78 is 0. The van der Waals surface area contributed by atoms with Crippen LogP contribution >= 0.6 is 0 Å². The van der Waals surface area contributed by atoms with Crippen LogP contribution in [0, 0.1) is 11.8 Å². The normalized spacial score (nSPS) is 38.2. The van der Waals surface area contributed by atoms with E-state index in [0.717, 1.165) is 12.3 Å². The molecule has 0 saturated heterocycles. The van der Waals surface area contributed by atoms with Gasteiger partial charge in [0.2, 0.25) is 0 Å². The van der Waals surface area contributed by atoms with Crippen molar-refractivity contribution in [3.63, 3.8) is 0 Å². The van der Waals surface area contributed by atoms with Gasteiger partial charge in [-0.2, -0.15) is 0 Å². The number of nitrogens with two attached hydrogens (primary N) is 1. The maximum Gasteiger partial charge on any atom is 0.0312 e. The molecule has 3 unspecified atom stereocenters. The van der Waals surface area contributed by atoms with Crippen LogP contribution in [0.4, 0.5) is 0 Å². The van der Waals surface area contributed by atoms with Crippen molar-refractivity contribution in [1.29, 1.82) is 0 Å². The van der Waals surface area contributed by atoms with Crippen LogP contribution in [0.2, 0.25) is 0 Å². The van der Waals surface area contributed by atoms with Crippen molar-refractivity contribution in [2.24, 2.45) is 17.6 Å². The van der Waals surface area contributed by atoms with Crippen molar-refractivity contribution in [1.82, 2.24) is 0 Å². The van der Waals surface area contributed by atoms with Crippen molar-refractivity contribution in [2.75, 3.05) is 0 Å². The van der Waals surface area contributed by atoms with Gasteiger partial charge in [0.1, 0.15) is 0 Å². The van der Waals surface area contributed by atoms with Gasteiger partial charge in [-0.1, -0.05) is 51.0 Å². The molecule has 116 valence electrons. The summed E-state index contributed by atoms with van der Waals surface area (Å²) >= 11 is 0. The van der Waals surface area contributed by atoms with Gasteiger partial charge in [-0.25, -0.2) is 0 Å². The molecule has 1 rings (SSSR count). The second kappa shape index (κ2) is 9.39. The van der Waals surface area contributed by atoms with E-state index in [4.69, 9.17) is 5.73 Å². The molecule has 0 bridgehead atoms. The first-order valence-corrected chi connectivity index (χ1v) is 8.61. The van der Waals surface area contributed by atoms with Crippen molar-refractivity contribution >= 4 is 0 Å². The Balaban J connectivity index is 2.54. The van der Waals surface area contributed by atoms with Crippen molar-refractivity contribution in [2.45, 2.75) is 84.1 Å². The molecule has 0 saturated carbocycles. The quantitative estimate of drug-likeness (QED) is 0.572. The Morgan fingerprint density at radius 3 is 2.25 bits per heavy atom. The molecule has 1 nitrogen and oxygen atoms in total. The zero-order chi connectivity index (χ0) is 14.8. The highest BCUT2D eigenvalue weighted by atomic mass is 14.7. The van der Waals surface area contributed by atoms with Crippen LogP contribution in [0.3, 0.4) is 0 Å². The van der Waals surface area contributed by atoms with Crippen LogP contribution in [0.1, 0.15) is 78.6 Å². The minimum atomic E-state index is -0.133.